The van der Waals surface area contributed by atoms with E-state index in [1.165, 1.54) is 0 Å². The van der Waals surface area contributed by atoms with Crippen molar-refractivity contribution in [1.29, 1.82) is 0 Å². The molecule has 0 spiro atoms. The highest BCUT2D eigenvalue weighted by atomic mass is 16.4. The standard InChI is InChI=1S/C10H19NO2/c1-3-10(9(12)13)7-5-6-8-11(10)4-2/h3-8H2,1-2H3,(H,12,13). The number of likely N-dealkylation sites (N-methyl/N-ethyl adjacent to an activating group) is 1. The minimum atomic E-state index is -0.642. The molecule has 13 heavy (non-hydrogen) atoms. The molecule has 3 heteroatoms. The predicted molar refractivity (Wildman–Crippen MR) is 51.8 cm³/mol. The average Bonchev–Trinajstić information content (AvgIpc) is 2.17. The molecular formula is C10H19NO2. The zero-order valence-corrected chi connectivity index (χ0v) is 8.55. The fourth-order valence-electron chi connectivity index (χ4n) is 2.35. The van der Waals surface area contributed by atoms with Crippen molar-refractivity contribution >= 4 is 5.97 Å². The van der Waals surface area contributed by atoms with Gasteiger partial charge in [0.2, 0.25) is 0 Å². The molecule has 1 N–H and O–H groups in total. The van der Waals surface area contributed by atoms with Crippen LogP contribution in [0.3, 0.4) is 0 Å². The lowest BCUT2D eigenvalue weighted by molar-refractivity contribution is -0.154. The first-order valence-corrected chi connectivity index (χ1v) is 5.16. The normalized spacial score (nSPS) is 30.3. The Balaban J connectivity index is 2.84. The van der Waals surface area contributed by atoms with Gasteiger partial charge >= 0.3 is 5.97 Å². The molecule has 1 atom stereocenters. The van der Waals surface area contributed by atoms with Crippen LogP contribution in [0.2, 0.25) is 0 Å². The van der Waals surface area contributed by atoms with Gasteiger partial charge in [-0.2, -0.15) is 0 Å². The summed E-state index contributed by atoms with van der Waals surface area (Å²) in [6.07, 6.45) is 3.72. The Labute approximate surface area is 79.7 Å². The molecule has 0 bridgehead atoms. The quantitative estimate of drug-likeness (QED) is 0.728. The van der Waals surface area contributed by atoms with Gasteiger partial charge < -0.3 is 5.11 Å². The monoisotopic (exact) mass is 185 g/mol. The van der Waals surface area contributed by atoms with E-state index >= 15 is 0 Å². The summed E-state index contributed by atoms with van der Waals surface area (Å²) >= 11 is 0. The maximum Gasteiger partial charge on any atom is 0.324 e. The van der Waals surface area contributed by atoms with Crippen LogP contribution < -0.4 is 0 Å². The molecule has 1 aliphatic rings. The first-order chi connectivity index (χ1) is 6.17. The number of carboxylic acid groups (broad SMARTS) is 1. The fraction of sp³-hybridized carbons (Fsp3) is 0.900. The molecule has 0 aliphatic carbocycles. The number of aliphatic carboxylic acids is 1. The molecule has 1 heterocycles. The molecule has 0 aromatic heterocycles. The Morgan fingerprint density at radius 1 is 1.46 bits per heavy atom. The van der Waals surface area contributed by atoms with Crippen LogP contribution in [0.1, 0.15) is 39.5 Å². The van der Waals surface area contributed by atoms with E-state index in [9.17, 15) is 9.90 Å². The Morgan fingerprint density at radius 3 is 2.54 bits per heavy atom. The molecule has 76 valence electrons. The van der Waals surface area contributed by atoms with Gasteiger partial charge in [-0.15, -0.1) is 0 Å². The van der Waals surface area contributed by atoms with Gasteiger partial charge in [-0.05, 0) is 38.8 Å². The van der Waals surface area contributed by atoms with Crippen LogP contribution in [0.15, 0.2) is 0 Å². The molecule has 1 aliphatic heterocycles. The number of hydrogen-bond donors (Lipinski definition) is 1. The summed E-state index contributed by atoms with van der Waals surface area (Å²) in [5.41, 5.74) is -0.562. The SMILES string of the molecule is CCN1CCCCC1(CC)C(=O)O. The molecule has 1 fully saturated rings. The van der Waals surface area contributed by atoms with Gasteiger partial charge in [-0.1, -0.05) is 13.8 Å². The summed E-state index contributed by atoms with van der Waals surface area (Å²) in [7, 11) is 0. The van der Waals surface area contributed by atoms with Crippen LogP contribution in [-0.4, -0.2) is 34.6 Å². The van der Waals surface area contributed by atoms with E-state index in [4.69, 9.17) is 0 Å². The Kier molecular flexibility index (Phi) is 3.31. The topological polar surface area (TPSA) is 40.5 Å². The lowest BCUT2D eigenvalue weighted by Gasteiger charge is -2.43. The summed E-state index contributed by atoms with van der Waals surface area (Å²) in [4.78, 5) is 13.3. The number of carbonyl (C=O) groups is 1. The van der Waals surface area contributed by atoms with Crippen molar-refractivity contribution in [2.45, 2.75) is 45.1 Å². The van der Waals surface area contributed by atoms with Crippen molar-refractivity contribution in [3.05, 3.63) is 0 Å². The Bertz CT molecular complexity index is 193. The molecule has 0 radical (unpaired) electrons. The highest BCUT2D eigenvalue weighted by Gasteiger charge is 2.43. The zero-order chi connectivity index (χ0) is 9.90. The van der Waals surface area contributed by atoms with E-state index < -0.39 is 11.5 Å². The molecule has 1 rings (SSSR count). The van der Waals surface area contributed by atoms with Crippen molar-refractivity contribution in [1.82, 2.24) is 4.90 Å². The lowest BCUT2D eigenvalue weighted by Crippen LogP contribution is -2.56. The van der Waals surface area contributed by atoms with E-state index in [1.807, 2.05) is 13.8 Å². The van der Waals surface area contributed by atoms with E-state index in [2.05, 4.69) is 4.90 Å². The van der Waals surface area contributed by atoms with Crippen LogP contribution in [-0.2, 0) is 4.79 Å². The third kappa shape index (κ3) is 1.70. The average molecular weight is 185 g/mol. The van der Waals surface area contributed by atoms with Gasteiger partial charge in [0.25, 0.3) is 0 Å². The van der Waals surface area contributed by atoms with Crippen LogP contribution >= 0.6 is 0 Å². The van der Waals surface area contributed by atoms with Crippen molar-refractivity contribution in [2.75, 3.05) is 13.1 Å². The highest BCUT2D eigenvalue weighted by Crippen LogP contribution is 2.31. The first-order valence-electron chi connectivity index (χ1n) is 5.16. The van der Waals surface area contributed by atoms with E-state index in [0.717, 1.165) is 38.8 Å². The number of hydrogen-bond acceptors (Lipinski definition) is 2. The molecule has 1 saturated heterocycles. The van der Waals surface area contributed by atoms with Gasteiger partial charge in [0, 0.05) is 0 Å². The van der Waals surface area contributed by atoms with Crippen LogP contribution in [0.4, 0.5) is 0 Å². The summed E-state index contributed by atoms with van der Waals surface area (Å²) in [6, 6.07) is 0. The highest BCUT2D eigenvalue weighted by molar-refractivity contribution is 5.78. The van der Waals surface area contributed by atoms with Gasteiger partial charge in [0.05, 0.1) is 0 Å². The Hall–Kier alpha value is -0.570. The van der Waals surface area contributed by atoms with Crippen molar-refractivity contribution in [3.63, 3.8) is 0 Å². The maximum atomic E-state index is 11.2. The molecule has 0 saturated carbocycles. The minimum Gasteiger partial charge on any atom is -0.480 e. The minimum absolute atomic E-state index is 0.562. The van der Waals surface area contributed by atoms with Crippen LogP contribution in [0.5, 0.6) is 0 Å². The van der Waals surface area contributed by atoms with Crippen LogP contribution in [0, 0.1) is 0 Å². The lowest BCUT2D eigenvalue weighted by atomic mass is 9.84. The third-order valence-electron chi connectivity index (χ3n) is 3.24. The van der Waals surface area contributed by atoms with Gasteiger partial charge in [-0.3, -0.25) is 9.69 Å². The van der Waals surface area contributed by atoms with E-state index in [-0.39, 0.29) is 0 Å². The number of rotatable bonds is 3. The largest absolute Gasteiger partial charge is 0.480 e. The molecule has 3 nitrogen and oxygen atoms in total. The second kappa shape index (κ2) is 4.09. The number of piperidine rings is 1. The molecular weight excluding hydrogens is 166 g/mol. The Morgan fingerprint density at radius 2 is 2.15 bits per heavy atom. The van der Waals surface area contributed by atoms with Gasteiger partial charge in [0.15, 0.2) is 0 Å². The molecule has 0 aromatic carbocycles. The number of nitrogens with zero attached hydrogens (tertiary/aromatic N) is 1. The van der Waals surface area contributed by atoms with Gasteiger partial charge in [0.1, 0.15) is 5.54 Å². The first kappa shape index (κ1) is 10.5. The summed E-state index contributed by atoms with van der Waals surface area (Å²) in [6.45, 7) is 5.80. The molecule has 1 unspecified atom stereocenters. The van der Waals surface area contributed by atoms with Gasteiger partial charge in [-0.25, -0.2) is 0 Å². The second-order valence-corrected chi connectivity index (χ2v) is 3.73. The second-order valence-electron chi connectivity index (χ2n) is 3.73. The van der Waals surface area contributed by atoms with E-state index in [0.29, 0.717) is 0 Å². The fourth-order valence-corrected chi connectivity index (χ4v) is 2.35. The maximum absolute atomic E-state index is 11.2. The summed E-state index contributed by atoms with van der Waals surface area (Å²) < 4.78 is 0. The summed E-state index contributed by atoms with van der Waals surface area (Å²) in [5.74, 6) is -0.642. The van der Waals surface area contributed by atoms with Crippen molar-refractivity contribution in [3.8, 4) is 0 Å². The predicted octanol–water partition coefficient (Wildman–Crippen LogP) is 1.73. The zero-order valence-electron chi connectivity index (χ0n) is 8.55. The summed E-state index contributed by atoms with van der Waals surface area (Å²) in [5, 5.41) is 9.25. The third-order valence-corrected chi connectivity index (χ3v) is 3.24. The smallest absolute Gasteiger partial charge is 0.324 e. The number of likely N-dealkylation sites (tertiary alicyclic amines) is 1. The van der Waals surface area contributed by atoms with Crippen molar-refractivity contribution in [2.24, 2.45) is 0 Å². The molecule has 0 aromatic rings. The van der Waals surface area contributed by atoms with E-state index in [1.54, 1.807) is 0 Å². The van der Waals surface area contributed by atoms with Crippen LogP contribution in [0.25, 0.3) is 0 Å². The number of carboxylic acids is 1. The van der Waals surface area contributed by atoms with Crippen molar-refractivity contribution < 1.29 is 9.90 Å². The molecule has 0 amide bonds.